The number of hydrogen-bond acceptors (Lipinski definition) is 5. The van der Waals surface area contributed by atoms with Crippen LogP contribution in [0.15, 0.2) is 57.9 Å². The van der Waals surface area contributed by atoms with Crippen molar-refractivity contribution in [1.29, 1.82) is 0 Å². The van der Waals surface area contributed by atoms with Gasteiger partial charge in [0.2, 0.25) is 0 Å². The Kier molecular flexibility index (Phi) is 4.00. The number of carbonyl (C=O) groups is 1. The van der Waals surface area contributed by atoms with E-state index < -0.39 is 27.6 Å². The first-order valence-corrected chi connectivity index (χ1v) is 10.3. The minimum absolute atomic E-state index is 0.109. The summed E-state index contributed by atoms with van der Waals surface area (Å²) in [4.78, 5) is 12.7. The average molecular weight is 438 g/mol. The van der Waals surface area contributed by atoms with Gasteiger partial charge in [-0.2, -0.15) is 0 Å². The lowest BCUT2D eigenvalue weighted by Crippen LogP contribution is -2.58. The summed E-state index contributed by atoms with van der Waals surface area (Å²) >= 11 is 3.37. The van der Waals surface area contributed by atoms with E-state index in [0.29, 0.717) is 28.8 Å². The number of fused-ring (bicyclic) bond motifs is 1. The lowest BCUT2D eigenvalue weighted by molar-refractivity contribution is -0.145. The van der Waals surface area contributed by atoms with E-state index >= 15 is 0 Å². The largest absolute Gasteiger partial charge is 0.482 e. The minimum atomic E-state index is -4.00. The molecule has 1 saturated carbocycles. The molecule has 0 amide bonds. The molecule has 0 aromatic heterocycles. The summed E-state index contributed by atoms with van der Waals surface area (Å²) in [6.45, 7) is 0. The number of methoxy groups -OCH3 is 1. The van der Waals surface area contributed by atoms with E-state index in [2.05, 4.69) is 15.9 Å². The monoisotopic (exact) mass is 437 g/mol. The van der Waals surface area contributed by atoms with Crippen molar-refractivity contribution in [2.45, 2.75) is 29.4 Å². The van der Waals surface area contributed by atoms with Crippen molar-refractivity contribution in [3.8, 4) is 5.75 Å². The van der Waals surface area contributed by atoms with Gasteiger partial charge in [0.15, 0.2) is 6.04 Å². The zero-order valence-corrected chi connectivity index (χ0v) is 16.3. The molecule has 1 heterocycles. The van der Waals surface area contributed by atoms with E-state index in [0.717, 1.165) is 4.31 Å². The number of rotatable bonds is 3. The summed E-state index contributed by atoms with van der Waals surface area (Å²) in [5.74, 6) is -0.196. The van der Waals surface area contributed by atoms with Crippen molar-refractivity contribution in [2.75, 3.05) is 11.4 Å². The number of benzene rings is 2. The van der Waals surface area contributed by atoms with Crippen molar-refractivity contribution >= 4 is 37.6 Å². The average Bonchev–Trinajstić information content (AvgIpc) is 3.40. The van der Waals surface area contributed by atoms with Gasteiger partial charge in [-0.1, -0.05) is 34.1 Å². The lowest BCUT2D eigenvalue weighted by Gasteiger charge is -2.41. The van der Waals surface area contributed by atoms with Gasteiger partial charge in [-0.15, -0.1) is 0 Å². The van der Waals surface area contributed by atoms with Crippen LogP contribution in [0.25, 0.3) is 0 Å². The summed E-state index contributed by atoms with van der Waals surface area (Å²) < 4.78 is 39.7. The molecule has 4 rings (SSSR count). The molecule has 1 aliphatic carbocycles. The number of anilines is 1. The fraction of sp³-hybridized carbons (Fsp3) is 0.278. The highest BCUT2D eigenvalue weighted by atomic mass is 79.9. The van der Waals surface area contributed by atoms with Crippen LogP contribution in [0.5, 0.6) is 5.75 Å². The van der Waals surface area contributed by atoms with E-state index in [1.54, 1.807) is 36.4 Å². The summed E-state index contributed by atoms with van der Waals surface area (Å²) in [7, 11) is -2.74. The molecule has 1 spiro atoms. The normalized spacial score (nSPS) is 20.2. The van der Waals surface area contributed by atoms with Crippen molar-refractivity contribution < 1.29 is 22.7 Å². The second kappa shape index (κ2) is 5.99. The molecule has 0 bridgehead atoms. The van der Waals surface area contributed by atoms with Gasteiger partial charge in [-0.3, -0.25) is 0 Å². The summed E-state index contributed by atoms with van der Waals surface area (Å²) in [5.41, 5.74) is -0.563. The molecule has 0 saturated heterocycles. The Labute approximate surface area is 159 Å². The number of nitrogens with zero attached hydrogens (tertiary/aromatic N) is 1. The number of ether oxygens (including phenoxy) is 2. The number of esters is 1. The zero-order valence-electron chi connectivity index (χ0n) is 13.9. The molecule has 136 valence electrons. The van der Waals surface area contributed by atoms with E-state index in [9.17, 15) is 13.2 Å². The predicted octanol–water partition coefficient (Wildman–Crippen LogP) is 3.11. The van der Waals surface area contributed by atoms with Crippen LogP contribution in [0.4, 0.5) is 5.69 Å². The highest BCUT2D eigenvalue weighted by molar-refractivity contribution is 9.10. The first kappa shape index (κ1) is 17.4. The Balaban J connectivity index is 1.96. The number of sulfonamides is 1. The van der Waals surface area contributed by atoms with Gasteiger partial charge in [0, 0.05) is 4.47 Å². The first-order valence-electron chi connectivity index (χ1n) is 8.05. The maximum Gasteiger partial charge on any atom is 0.333 e. The van der Waals surface area contributed by atoms with E-state index in [-0.39, 0.29) is 4.90 Å². The van der Waals surface area contributed by atoms with Crippen LogP contribution in [0.3, 0.4) is 0 Å². The van der Waals surface area contributed by atoms with Gasteiger partial charge >= 0.3 is 5.97 Å². The standard InChI is InChI=1S/C18H16BrNO5S/c1-24-17(21)16-18(9-10-18)25-15-8-7-12(19)11-14(15)20(16)26(22,23)13-5-3-2-4-6-13/h2-8,11,16H,9-10H2,1H3. The summed E-state index contributed by atoms with van der Waals surface area (Å²) in [6.07, 6.45) is 1.17. The Morgan fingerprint density at radius 3 is 2.54 bits per heavy atom. The highest BCUT2D eigenvalue weighted by Gasteiger charge is 2.63. The van der Waals surface area contributed by atoms with Gasteiger partial charge in [0.1, 0.15) is 11.4 Å². The van der Waals surface area contributed by atoms with Crippen molar-refractivity contribution in [2.24, 2.45) is 0 Å². The molecule has 1 unspecified atom stereocenters. The fourth-order valence-electron chi connectivity index (χ4n) is 3.27. The second-order valence-corrected chi connectivity index (χ2v) is 9.05. The Morgan fingerprint density at radius 1 is 1.23 bits per heavy atom. The predicted molar refractivity (Wildman–Crippen MR) is 98.6 cm³/mol. The molecule has 0 N–H and O–H groups in total. The molecule has 1 aliphatic heterocycles. The third-order valence-corrected chi connectivity index (χ3v) is 6.96. The molecule has 0 radical (unpaired) electrons. The zero-order chi connectivity index (χ0) is 18.5. The fourth-order valence-corrected chi connectivity index (χ4v) is 5.31. The van der Waals surface area contributed by atoms with E-state index in [1.807, 2.05) is 0 Å². The summed E-state index contributed by atoms with van der Waals surface area (Å²) in [6, 6.07) is 12.1. The first-order chi connectivity index (χ1) is 12.4. The third-order valence-electron chi connectivity index (χ3n) is 4.67. The molecule has 8 heteroatoms. The van der Waals surface area contributed by atoms with Gasteiger partial charge < -0.3 is 9.47 Å². The van der Waals surface area contributed by atoms with Crippen molar-refractivity contribution in [1.82, 2.24) is 0 Å². The quantitative estimate of drug-likeness (QED) is 0.689. The van der Waals surface area contributed by atoms with Crippen LogP contribution in [0.1, 0.15) is 12.8 Å². The van der Waals surface area contributed by atoms with E-state index in [1.165, 1.54) is 19.2 Å². The molecule has 1 fully saturated rings. The SMILES string of the molecule is COC(=O)C1N(S(=O)(=O)c2ccccc2)c2cc(Br)ccc2OC12CC2. The van der Waals surface area contributed by atoms with E-state index in [4.69, 9.17) is 9.47 Å². The van der Waals surface area contributed by atoms with Crippen LogP contribution in [-0.4, -0.2) is 33.1 Å². The van der Waals surface area contributed by atoms with Crippen LogP contribution in [-0.2, 0) is 19.6 Å². The van der Waals surface area contributed by atoms with Crippen LogP contribution >= 0.6 is 15.9 Å². The van der Waals surface area contributed by atoms with Gasteiger partial charge in [-0.05, 0) is 43.2 Å². The van der Waals surface area contributed by atoms with Crippen LogP contribution in [0.2, 0.25) is 0 Å². The van der Waals surface area contributed by atoms with Gasteiger partial charge in [0.25, 0.3) is 10.0 Å². The Hall–Kier alpha value is -2.06. The second-order valence-electron chi connectivity index (χ2n) is 6.32. The molecule has 6 nitrogen and oxygen atoms in total. The molecule has 26 heavy (non-hydrogen) atoms. The van der Waals surface area contributed by atoms with Gasteiger partial charge in [0.05, 0.1) is 17.7 Å². The highest BCUT2D eigenvalue weighted by Crippen LogP contribution is 2.54. The van der Waals surface area contributed by atoms with Gasteiger partial charge in [-0.25, -0.2) is 17.5 Å². The molecule has 2 aliphatic rings. The molecule has 2 aromatic rings. The summed E-state index contributed by atoms with van der Waals surface area (Å²) in [5, 5.41) is 0. The van der Waals surface area contributed by atoms with Crippen LogP contribution in [0, 0.1) is 0 Å². The minimum Gasteiger partial charge on any atom is -0.482 e. The third kappa shape index (κ3) is 2.59. The Morgan fingerprint density at radius 2 is 1.92 bits per heavy atom. The number of halogens is 1. The number of carbonyl (C=O) groups excluding carboxylic acids is 1. The topological polar surface area (TPSA) is 72.9 Å². The Bertz CT molecular complexity index is 972. The maximum absolute atomic E-state index is 13.5. The molecule has 2 aromatic carbocycles. The smallest absolute Gasteiger partial charge is 0.333 e. The molecule has 1 atom stereocenters. The maximum atomic E-state index is 13.5. The molecular formula is C18H16BrNO5S. The van der Waals surface area contributed by atoms with Crippen LogP contribution < -0.4 is 9.04 Å². The molecular weight excluding hydrogens is 422 g/mol. The lowest BCUT2D eigenvalue weighted by atomic mass is 10.1. The van der Waals surface area contributed by atoms with Crippen molar-refractivity contribution in [3.63, 3.8) is 0 Å². The van der Waals surface area contributed by atoms with Crippen molar-refractivity contribution in [3.05, 3.63) is 53.0 Å². The number of hydrogen-bond donors (Lipinski definition) is 0.